The highest BCUT2D eigenvalue weighted by Crippen LogP contribution is 2.39. The minimum atomic E-state index is -0.402. The van der Waals surface area contributed by atoms with Crippen LogP contribution in [-0.2, 0) is 14.4 Å². The third kappa shape index (κ3) is 22.4. The first-order valence-corrected chi connectivity index (χ1v) is 45.1. The number of carboxylic acid groups (broad SMARTS) is 2. The van der Waals surface area contributed by atoms with Gasteiger partial charge in [-0.15, -0.1) is 0 Å². The van der Waals surface area contributed by atoms with Gasteiger partial charge in [-0.2, -0.15) is 40.8 Å². The molecule has 7 fully saturated rings. The van der Waals surface area contributed by atoms with Gasteiger partial charge in [0.15, 0.2) is 23.0 Å². The van der Waals surface area contributed by atoms with Gasteiger partial charge in [0.1, 0.15) is 45.8 Å². The second-order valence-corrected chi connectivity index (χ2v) is 33.5. The Morgan fingerprint density at radius 3 is 0.872 bits per heavy atom. The second-order valence-electron chi connectivity index (χ2n) is 33.5. The average Bonchev–Trinajstić information content (AvgIpc) is 1.64. The minimum absolute atomic E-state index is 0.0109. The summed E-state index contributed by atoms with van der Waals surface area (Å²) in [5.74, 6) is 1.71. The van der Waals surface area contributed by atoms with Crippen molar-refractivity contribution in [1.29, 1.82) is 0 Å². The molecule has 720 valence electrons. The van der Waals surface area contributed by atoms with Crippen LogP contribution in [0.1, 0.15) is 118 Å². The van der Waals surface area contributed by atoms with E-state index in [9.17, 15) is 38.4 Å². The predicted molar refractivity (Wildman–Crippen MR) is 503 cm³/mol. The molecule has 16 aromatic rings. The van der Waals surface area contributed by atoms with E-state index < -0.39 is 17.7 Å². The summed E-state index contributed by atoms with van der Waals surface area (Å²) in [7, 11) is 0. The molecule has 13 N–H and O–H groups in total. The first-order valence-electron chi connectivity index (χ1n) is 45.1. The zero-order chi connectivity index (χ0) is 97.4. The van der Waals surface area contributed by atoms with Crippen molar-refractivity contribution in [3.63, 3.8) is 0 Å². The number of aromatic amines is 4. The summed E-state index contributed by atoms with van der Waals surface area (Å²) in [6, 6.07) is 36.1. The van der Waals surface area contributed by atoms with E-state index >= 15 is 0 Å². The highest BCUT2D eigenvalue weighted by molar-refractivity contribution is 6.07. The number of carbonyl (C=O) groups excluding carboxylic acids is 8. The lowest BCUT2D eigenvalue weighted by Gasteiger charge is -2.39. The molecule has 0 radical (unpaired) electrons. The normalized spacial score (nSPS) is 14.7. The Hall–Kier alpha value is -18.5. The quantitative estimate of drug-likeness (QED) is 0.0236. The number of anilines is 4. The molecule has 0 spiro atoms. The van der Waals surface area contributed by atoms with Gasteiger partial charge >= 0.3 is 18.1 Å². The van der Waals surface area contributed by atoms with Gasteiger partial charge in [0.2, 0.25) is 5.91 Å². The monoisotopic (exact) mass is 1910 g/mol. The SMILES string of the molecule is CCCNC(=O)N1CC(n2cc(NC(=O)c3ccc(-c4cn[nH]c4)o3)c(-c3ccccn3)n2)C1.O=C(Nc1cn(C2CN(C(=O)C3CC3)C2)nc1-c1ccccn1)c1ccc(-c2cn[nH]c2)o1.O=C(Nc1cn(C2CN(C(=O)NC3CC3)C2)nc1-c1ccccn1)c1ccc(-c2cn[nH]c2)o1.O=C(Nc1cn(C2CN(C(=O)NC3CC3)C2)nc1-c1ccccn1)c1ccc(-c2cn[nH]c2)o1.O=CO.O=CO. The van der Waals surface area contributed by atoms with E-state index in [1.807, 2.05) is 89.3 Å². The van der Waals surface area contributed by atoms with E-state index in [0.29, 0.717) is 162 Å². The maximum absolute atomic E-state index is 12.9. The Labute approximate surface area is 799 Å². The van der Waals surface area contributed by atoms with Crippen molar-refractivity contribution in [3.05, 3.63) is 244 Å². The summed E-state index contributed by atoms with van der Waals surface area (Å²) < 4.78 is 30.0. The summed E-state index contributed by atoms with van der Waals surface area (Å²) in [5, 5.41) is 79.6. The highest BCUT2D eigenvalue weighted by Gasteiger charge is 2.42. The lowest BCUT2D eigenvalue weighted by atomic mass is 10.1. The van der Waals surface area contributed by atoms with Crippen LogP contribution in [0.25, 0.3) is 90.8 Å². The smallest absolute Gasteiger partial charge is 0.317 e. The number of nitrogens with one attached hydrogen (secondary N) is 11. The number of hydrogen-bond donors (Lipinski definition) is 13. The molecule has 0 unspecified atom stereocenters. The summed E-state index contributed by atoms with van der Waals surface area (Å²) in [6.07, 6.45) is 34.2. The number of H-pyrrole nitrogens is 4. The van der Waals surface area contributed by atoms with Gasteiger partial charge in [0.25, 0.3) is 36.6 Å². The zero-order valence-corrected chi connectivity index (χ0v) is 75.3. The van der Waals surface area contributed by atoms with Gasteiger partial charge in [0, 0.05) is 151 Å². The number of nitrogens with zero attached hydrogens (tertiary/aromatic N) is 20. The van der Waals surface area contributed by atoms with E-state index in [4.69, 9.17) is 52.8 Å². The van der Waals surface area contributed by atoms with Gasteiger partial charge in [-0.3, -0.25) is 92.6 Å². The van der Waals surface area contributed by atoms with Gasteiger partial charge < -0.3 is 84.7 Å². The molecule has 20 heterocycles. The zero-order valence-electron chi connectivity index (χ0n) is 75.3. The van der Waals surface area contributed by atoms with Crippen molar-refractivity contribution >= 4 is 83.3 Å². The number of aromatic nitrogens is 20. The molecule has 7 aliphatic rings. The summed E-state index contributed by atoms with van der Waals surface area (Å²) >= 11 is 0. The molecule has 11 amide bonds. The van der Waals surface area contributed by atoms with Crippen LogP contribution in [0.4, 0.5) is 37.1 Å². The standard InChI is InChI=1S/2C23H22N8O3.C23H24N8O3.C23H21N7O3.2CH2O2/c2*32-22(20-7-6-19(34-20)14-9-25-26-10-14)28-18-13-31(29-21(18)17-3-1-2-8-24-17)16-11-30(12-16)23(33)27-15-4-5-15;1-2-8-25-23(33)30-12-16(13-30)31-14-18(21(29-31)17-5-3-4-9-24-17)28-22(32)20-7-6-19(34-20)15-10-26-27-11-15;31-22(20-7-6-19(33-20)15-9-25-26-10-15)27-18-13-30(28-21(18)17-3-1-2-8-24-17)16-11-29(12-16)23(32)14-4-5-14;2*2-1-3/h2*1-3,6-10,13,15-16H,4-5,11-12H2,(H,25,26)(H,27,33)(H,28,32);3-7,9-11,14,16H,2,8,12-13H2,1H3,(H,25,33)(H,26,27)(H,28,32);1-3,6-10,13-14,16H,4-5,11-12H2,(H,25,26)(H,27,31);2*1H,(H,2,3). The lowest BCUT2D eigenvalue weighted by Crippen LogP contribution is -2.54. The van der Waals surface area contributed by atoms with Crippen LogP contribution in [0.5, 0.6) is 0 Å². The number of urea groups is 3. The Kier molecular flexibility index (Phi) is 28.1. The third-order valence-corrected chi connectivity index (χ3v) is 23.4. The van der Waals surface area contributed by atoms with Crippen LogP contribution in [0, 0.1) is 5.92 Å². The summed E-state index contributed by atoms with van der Waals surface area (Å²) in [5.41, 5.74) is 9.86. The second kappa shape index (κ2) is 42.6. The van der Waals surface area contributed by atoms with E-state index in [1.54, 1.807) is 176 Å². The van der Waals surface area contributed by atoms with E-state index in [1.165, 1.54) is 0 Å². The molecule has 3 saturated carbocycles. The number of pyridine rings is 4. The van der Waals surface area contributed by atoms with Crippen LogP contribution >= 0.6 is 0 Å². The lowest BCUT2D eigenvalue weighted by molar-refractivity contribution is -0.138. The molecule has 3 aliphatic carbocycles. The molecule has 0 aromatic carbocycles. The Morgan fingerprint density at radius 2 is 0.638 bits per heavy atom. The molecular formula is C94H93N31O16. The topological polar surface area (TPSA) is 598 Å². The predicted octanol–water partition coefficient (Wildman–Crippen LogP) is 11.4. The minimum Gasteiger partial charge on any atom is -0.483 e. The largest absolute Gasteiger partial charge is 0.483 e. The molecule has 4 aliphatic heterocycles. The summed E-state index contributed by atoms with van der Waals surface area (Å²) in [4.78, 5) is 142. The van der Waals surface area contributed by atoms with E-state index in [-0.39, 0.29) is 96.0 Å². The molecule has 47 heteroatoms. The van der Waals surface area contributed by atoms with Crippen molar-refractivity contribution in [2.24, 2.45) is 5.92 Å². The molecule has 0 atom stereocenters. The summed E-state index contributed by atoms with van der Waals surface area (Å²) in [6.45, 7) is 6.72. The van der Waals surface area contributed by atoms with E-state index in [2.05, 4.69) is 103 Å². The Bertz CT molecular complexity index is 6760. The number of hydrogen-bond acceptors (Lipinski definition) is 26. The van der Waals surface area contributed by atoms with Crippen molar-refractivity contribution in [2.45, 2.75) is 88.1 Å². The number of carbonyl (C=O) groups is 10. The van der Waals surface area contributed by atoms with Crippen molar-refractivity contribution < 1.29 is 75.8 Å². The molecule has 16 aromatic heterocycles. The molecule has 23 rings (SSSR count). The van der Waals surface area contributed by atoms with Crippen molar-refractivity contribution in [2.75, 3.05) is 80.2 Å². The molecular weight excluding hydrogens is 1820 g/mol. The number of rotatable bonds is 25. The fourth-order valence-electron chi connectivity index (χ4n) is 15.3. The highest BCUT2D eigenvalue weighted by atomic mass is 16.4. The van der Waals surface area contributed by atoms with Crippen LogP contribution in [0.3, 0.4) is 0 Å². The van der Waals surface area contributed by atoms with Gasteiger partial charge in [-0.05, 0) is 142 Å². The number of furan rings is 4. The molecule has 0 bridgehead atoms. The Balaban J connectivity index is 0.000000122. The van der Waals surface area contributed by atoms with Gasteiger partial charge in [-0.1, -0.05) is 31.2 Å². The first-order chi connectivity index (χ1) is 68.9. The van der Waals surface area contributed by atoms with Crippen LogP contribution < -0.4 is 37.2 Å². The van der Waals surface area contributed by atoms with Crippen LogP contribution in [0.2, 0.25) is 0 Å². The van der Waals surface area contributed by atoms with Crippen LogP contribution in [-0.4, -0.2) is 261 Å². The van der Waals surface area contributed by atoms with E-state index in [0.717, 1.165) is 67.2 Å². The average molecular weight is 1910 g/mol. The molecule has 4 saturated heterocycles. The molecule has 47 nitrogen and oxygen atoms in total. The Morgan fingerprint density at radius 1 is 0.369 bits per heavy atom. The third-order valence-electron chi connectivity index (χ3n) is 23.4. The van der Waals surface area contributed by atoms with Crippen LogP contribution in [0.15, 0.2) is 238 Å². The number of likely N-dealkylation sites (tertiary alicyclic amines) is 4. The van der Waals surface area contributed by atoms with Gasteiger partial charge in [-0.25, -0.2) is 14.4 Å². The van der Waals surface area contributed by atoms with Gasteiger partial charge in [0.05, 0.1) is 117 Å². The fourth-order valence-corrected chi connectivity index (χ4v) is 15.3. The molecule has 141 heavy (non-hydrogen) atoms. The maximum atomic E-state index is 12.9. The number of amides is 11. The fraction of sp³-hybridized carbons (Fsp3) is 0.255. The van der Waals surface area contributed by atoms with Crippen molar-refractivity contribution in [3.8, 4) is 90.8 Å². The van der Waals surface area contributed by atoms with Crippen molar-refractivity contribution in [1.82, 2.24) is 135 Å². The first kappa shape index (κ1) is 92.9. The maximum Gasteiger partial charge on any atom is 0.317 e.